The van der Waals surface area contributed by atoms with Gasteiger partial charge in [0.15, 0.2) is 0 Å². The quantitative estimate of drug-likeness (QED) is 0.0988. The molecule has 0 amide bonds. The summed E-state index contributed by atoms with van der Waals surface area (Å²) in [6, 6.07) is 51.4. The Hall–Kier alpha value is -7.00. The van der Waals surface area contributed by atoms with Gasteiger partial charge in [-0.3, -0.25) is 9.97 Å². The summed E-state index contributed by atoms with van der Waals surface area (Å²) in [5.41, 5.74) is 14.0. The van der Waals surface area contributed by atoms with E-state index < -0.39 is 0 Å². The van der Waals surface area contributed by atoms with E-state index in [1.54, 1.807) is 31.8 Å². The van der Waals surface area contributed by atoms with Crippen LogP contribution >= 0.6 is 19.5 Å². The van der Waals surface area contributed by atoms with Gasteiger partial charge in [-0.2, -0.15) is 0 Å². The Kier molecular flexibility index (Phi) is 18.7. The first-order valence-electron chi connectivity index (χ1n) is 29.3. The number of rotatable bonds is 10. The van der Waals surface area contributed by atoms with Gasteiger partial charge in [-0.25, -0.2) is 0 Å². The second kappa shape index (κ2) is 26.3. The van der Waals surface area contributed by atoms with Crippen LogP contribution in [0.4, 0.5) is 0 Å². The molecule has 0 unspecified atom stereocenters. The monoisotopic (exact) mass is 1140 g/mol. The molecular formula is C72H77BClN2O6P. The second-order valence-electron chi connectivity index (χ2n) is 23.1. The van der Waals surface area contributed by atoms with Crippen molar-refractivity contribution < 1.29 is 27.6 Å². The molecule has 1 aliphatic heterocycles. The summed E-state index contributed by atoms with van der Waals surface area (Å²) in [5, 5.41) is 6.73. The lowest BCUT2D eigenvalue weighted by molar-refractivity contribution is 0.00578. The number of benzene rings is 6. The SMILES string of the molecule is C=C(C)B1OC(C)(C)C(C)(C)O1.C=C(C)c1ccnc(-c2cccc3c2oc2ccccc23)c1.COc1cccc(OC)c1-c1ccccc1P(C1CCCCC1)C1CCCCC1.Clc1ccnc(-c2cccc3c2oc2ccccc23)c1. The normalized spacial score (nSPS) is 16.0. The lowest BCUT2D eigenvalue weighted by atomic mass is 9.81. The number of fused-ring (bicyclic) bond motifs is 6. The summed E-state index contributed by atoms with van der Waals surface area (Å²) < 4.78 is 35.1. The molecule has 2 saturated carbocycles. The van der Waals surface area contributed by atoms with Gasteiger partial charge in [0, 0.05) is 50.1 Å². The second-order valence-corrected chi connectivity index (χ2v) is 26.3. The average molecular weight is 1140 g/mol. The van der Waals surface area contributed by atoms with E-state index in [1.165, 1.54) is 69.8 Å². The van der Waals surface area contributed by atoms with Gasteiger partial charge in [-0.05, 0) is 156 Å². The first kappa shape index (κ1) is 59.2. The molecule has 10 aromatic rings. The lowest BCUT2D eigenvalue weighted by Crippen LogP contribution is -2.41. The van der Waals surface area contributed by atoms with Crippen LogP contribution in [-0.2, 0) is 9.31 Å². The number of pyridine rings is 2. The number of aromatic nitrogens is 2. The number of halogens is 1. The van der Waals surface area contributed by atoms with Crippen LogP contribution in [0.15, 0.2) is 192 Å². The number of furan rings is 2. The number of methoxy groups -OCH3 is 2. The topological polar surface area (TPSA) is 89.0 Å². The van der Waals surface area contributed by atoms with Crippen molar-refractivity contribution in [2.45, 2.75) is 128 Å². The zero-order valence-electron chi connectivity index (χ0n) is 49.5. The highest BCUT2D eigenvalue weighted by Crippen LogP contribution is 2.57. The fourth-order valence-corrected chi connectivity index (χ4v) is 15.9. The van der Waals surface area contributed by atoms with E-state index in [0.717, 1.165) is 111 Å². The Bertz CT molecular complexity index is 3830. The predicted octanol–water partition coefficient (Wildman–Crippen LogP) is 20.3. The van der Waals surface area contributed by atoms with Gasteiger partial charge in [0.2, 0.25) is 0 Å². The molecule has 0 atom stereocenters. The lowest BCUT2D eigenvalue weighted by Gasteiger charge is -2.39. The standard InChI is InChI=1S/C26H35O2P.C20H15NO.C17H10ClNO.C9H17BO2/c1-27-23-17-11-18-24(28-2)26(23)22-16-9-10-19-25(22)29(20-12-5-3-6-13-20)21-14-7-4-8-15-21;1-13(2)14-10-11-21-18(12-14)17-8-5-7-16-15-6-3-4-9-19(15)22-20(16)17;18-11-8-9-19-15(10-11)14-6-3-5-13-12-4-1-2-7-16(12)20-17(13)14;1-7(2)10-11-8(3,4)9(5,6)12-10/h9-11,16-21H,3-8,12-15H2,1-2H3;3-12H,1H2,2H3;1-10H;1H2,2-6H3. The highest BCUT2D eigenvalue weighted by atomic mass is 35.5. The van der Waals surface area contributed by atoms with Crippen molar-refractivity contribution in [3.63, 3.8) is 0 Å². The summed E-state index contributed by atoms with van der Waals surface area (Å²) in [6.07, 6.45) is 17.7. The minimum atomic E-state index is -0.241. The molecule has 3 fully saturated rings. The highest BCUT2D eigenvalue weighted by Gasteiger charge is 2.51. The van der Waals surface area contributed by atoms with Crippen molar-refractivity contribution in [3.05, 3.63) is 193 Å². The Morgan fingerprint density at radius 1 is 0.542 bits per heavy atom. The van der Waals surface area contributed by atoms with Crippen LogP contribution in [0.25, 0.3) is 83.1 Å². The molecule has 8 nitrogen and oxygen atoms in total. The molecule has 0 bridgehead atoms. The molecule has 13 rings (SSSR count). The van der Waals surface area contributed by atoms with E-state index in [2.05, 4.69) is 102 Å². The van der Waals surface area contributed by atoms with Crippen LogP contribution in [0.3, 0.4) is 0 Å². The summed E-state index contributed by atoms with van der Waals surface area (Å²) >= 11 is 6.05. The molecule has 5 heterocycles. The summed E-state index contributed by atoms with van der Waals surface area (Å²) in [6.45, 7) is 19.9. The molecule has 2 aliphatic carbocycles. The molecule has 6 aromatic carbocycles. The number of allylic oxidation sites excluding steroid dienone is 2. The maximum Gasteiger partial charge on any atom is 0.489 e. The summed E-state index contributed by atoms with van der Waals surface area (Å²) in [7, 11) is 3.12. The molecule has 1 saturated heterocycles. The zero-order chi connectivity index (χ0) is 58.3. The largest absolute Gasteiger partial charge is 0.496 e. The van der Waals surface area contributed by atoms with E-state index in [1.807, 2.05) is 114 Å². The van der Waals surface area contributed by atoms with Gasteiger partial charge in [0.1, 0.15) is 33.8 Å². The van der Waals surface area contributed by atoms with Crippen molar-refractivity contribution >= 4 is 81.4 Å². The predicted molar refractivity (Wildman–Crippen MR) is 350 cm³/mol. The molecule has 0 N–H and O–H groups in total. The Morgan fingerprint density at radius 3 is 1.47 bits per heavy atom. The van der Waals surface area contributed by atoms with E-state index >= 15 is 0 Å². The number of hydrogen-bond donors (Lipinski definition) is 0. The smallest absolute Gasteiger partial charge is 0.489 e. The van der Waals surface area contributed by atoms with Crippen molar-refractivity contribution in [2.75, 3.05) is 14.2 Å². The maximum absolute atomic E-state index is 6.08. The minimum Gasteiger partial charge on any atom is -0.496 e. The van der Waals surface area contributed by atoms with E-state index in [-0.39, 0.29) is 26.2 Å². The minimum absolute atomic E-state index is 0.182. The first-order chi connectivity index (χ1) is 40.2. The summed E-state index contributed by atoms with van der Waals surface area (Å²) in [5.74, 6) is 1.83. The first-order valence-corrected chi connectivity index (χ1v) is 31.2. The fraction of sp³-hybridized carbons (Fsp3) is 0.306. The number of ether oxygens (including phenoxy) is 2. The molecular weight excluding hydrogens is 1070 g/mol. The van der Waals surface area contributed by atoms with Crippen LogP contribution in [0.1, 0.15) is 111 Å². The molecule has 3 aliphatic rings. The van der Waals surface area contributed by atoms with Gasteiger partial charge >= 0.3 is 7.12 Å². The molecule has 0 radical (unpaired) electrons. The number of hydrogen-bond acceptors (Lipinski definition) is 8. The average Bonchev–Trinajstić information content (AvgIpc) is 4.39. The summed E-state index contributed by atoms with van der Waals surface area (Å²) in [4.78, 5) is 8.90. The Labute approximate surface area is 497 Å². The van der Waals surface area contributed by atoms with Crippen LogP contribution < -0.4 is 14.8 Å². The molecule has 0 spiro atoms. The van der Waals surface area contributed by atoms with Crippen molar-refractivity contribution in [2.24, 2.45) is 0 Å². The zero-order valence-corrected chi connectivity index (χ0v) is 51.1. The molecule has 11 heteroatoms. The molecule has 4 aromatic heterocycles. The van der Waals surface area contributed by atoms with Crippen LogP contribution in [0.5, 0.6) is 11.5 Å². The van der Waals surface area contributed by atoms with Gasteiger partial charge in [-0.15, -0.1) is 6.58 Å². The van der Waals surface area contributed by atoms with Gasteiger partial charge < -0.3 is 27.6 Å². The van der Waals surface area contributed by atoms with Crippen LogP contribution in [0.2, 0.25) is 5.02 Å². The van der Waals surface area contributed by atoms with Crippen LogP contribution in [0, 0.1) is 0 Å². The third-order valence-corrected chi connectivity index (χ3v) is 20.6. The third kappa shape index (κ3) is 13.1. The van der Waals surface area contributed by atoms with Gasteiger partial charge in [0.25, 0.3) is 0 Å². The maximum atomic E-state index is 6.08. The van der Waals surface area contributed by atoms with E-state index in [4.69, 9.17) is 39.2 Å². The van der Waals surface area contributed by atoms with Crippen LogP contribution in [-0.4, -0.2) is 53.8 Å². The van der Waals surface area contributed by atoms with E-state index in [0.29, 0.717) is 5.02 Å². The van der Waals surface area contributed by atoms with Crippen molar-refractivity contribution in [1.29, 1.82) is 0 Å². The molecule has 83 heavy (non-hydrogen) atoms. The van der Waals surface area contributed by atoms with E-state index in [9.17, 15) is 0 Å². The van der Waals surface area contributed by atoms with Gasteiger partial charge in [0.05, 0.1) is 42.4 Å². The Morgan fingerprint density at radius 2 is 0.988 bits per heavy atom. The van der Waals surface area contributed by atoms with Crippen molar-refractivity contribution in [3.8, 4) is 45.1 Å². The highest BCUT2D eigenvalue weighted by molar-refractivity contribution is 7.67. The number of para-hydroxylation sites is 4. The third-order valence-electron chi connectivity index (χ3n) is 16.8. The van der Waals surface area contributed by atoms with Crippen molar-refractivity contribution in [1.82, 2.24) is 9.97 Å². The molecule has 426 valence electrons. The Balaban J connectivity index is 0.000000129. The van der Waals surface area contributed by atoms with Gasteiger partial charge in [-0.1, -0.05) is 167 Å². The fourth-order valence-electron chi connectivity index (χ4n) is 11.8. The number of nitrogens with zero attached hydrogens (tertiary/aromatic N) is 2.